The van der Waals surface area contributed by atoms with Crippen LogP contribution in [0, 0.1) is 0 Å². The molecule has 0 bridgehead atoms. The molecule has 1 N–H and O–H groups in total. The Hall–Kier alpha value is -2.13. The van der Waals surface area contributed by atoms with Crippen molar-refractivity contribution >= 4 is 29.5 Å². The molecule has 1 aromatic heterocycles. The van der Waals surface area contributed by atoms with E-state index in [0.29, 0.717) is 0 Å². The second kappa shape index (κ2) is 5.75. The summed E-state index contributed by atoms with van der Waals surface area (Å²) in [4.78, 5) is 19.6. The number of halogens is 3. The lowest BCUT2D eigenvalue weighted by Crippen LogP contribution is -2.48. The third-order valence-corrected chi connectivity index (χ3v) is 5.23. The number of rotatable bonds is 3. The normalized spacial score (nSPS) is 21.3. The molecule has 5 nitrogen and oxygen atoms in total. The largest absolute Gasteiger partial charge is 0.451 e. The van der Waals surface area contributed by atoms with E-state index in [-0.39, 0.29) is 11.5 Å². The summed E-state index contributed by atoms with van der Waals surface area (Å²) in [5.74, 6) is -1.24. The number of benzene rings is 1. The van der Waals surface area contributed by atoms with Crippen molar-refractivity contribution in [1.82, 2.24) is 13.9 Å². The van der Waals surface area contributed by atoms with E-state index >= 15 is 0 Å². The van der Waals surface area contributed by atoms with Crippen LogP contribution in [0.1, 0.15) is 24.4 Å². The number of fused-ring (bicyclic) bond motifs is 1. The minimum absolute atomic E-state index is 0.0196. The van der Waals surface area contributed by atoms with E-state index in [1.807, 2.05) is 30.3 Å². The zero-order valence-electron chi connectivity index (χ0n) is 12.8. The highest BCUT2D eigenvalue weighted by molar-refractivity contribution is 7.98. The lowest BCUT2D eigenvalue weighted by Gasteiger charge is -2.31. The van der Waals surface area contributed by atoms with Gasteiger partial charge in [0.05, 0.1) is 18.1 Å². The van der Waals surface area contributed by atoms with Crippen LogP contribution in [0.3, 0.4) is 0 Å². The van der Waals surface area contributed by atoms with Gasteiger partial charge < -0.3 is 0 Å². The summed E-state index contributed by atoms with van der Waals surface area (Å²) in [6.07, 6.45) is -1.99. The van der Waals surface area contributed by atoms with Gasteiger partial charge in [0.1, 0.15) is 11.7 Å². The maximum Gasteiger partial charge on any atom is 0.451 e. The molecule has 0 fully saturated rings. The molecule has 24 heavy (non-hydrogen) atoms. The number of alkyl halides is 3. The van der Waals surface area contributed by atoms with E-state index in [1.165, 1.54) is 0 Å². The highest BCUT2D eigenvalue weighted by atomic mass is 32.2. The molecule has 2 aromatic rings. The lowest BCUT2D eigenvalue weighted by molar-refractivity contribution is -0.144. The van der Waals surface area contributed by atoms with E-state index < -0.39 is 28.0 Å². The number of quaternary nitrogens is 1. The molecule has 0 saturated heterocycles. The Morgan fingerprint density at radius 2 is 1.92 bits per heavy atom. The summed E-state index contributed by atoms with van der Waals surface area (Å²) in [5.41, 5.74) is 1.02. The molecule has 1 aromatic carbocycles. The lowest BCUT2D eigenvalue weighted by atomic mass is 10.1. The fraction of sp³-hybridized carbons (Fsp3) is 0.267. The first-order valence-electron chi connectivity index (χ1n) is 7.06. The Morgan fingerprint density at radius 3 is 2.50 bits per heavy atom. The predicted molar refractivity (Wildman–Crippen MR) is 86.2 cm³/mol. The molecule has 1 aliphatic rings. The Balaban J connectivity index is 2.18. The quantitative estimate of drug-likeness (QED) is 0.655. The molecule has 9 heteroatoms. The van der Waals surface area contributed by atoms with E-state index in [4.69, 9.17) is 0 Å². The summed E-state index contributed by atoms with van der Waals surface area (Å²) < 4.78 is 38.6. The van der Waals surface area contributed by atoms with E-state index in [2.05, 4.69) is 15.3 Å². The van der Waals surface area contributed by atoms with Crippen LogP contribution < -0.4 is 9.21 Å². The number of hydrogen-bond acceptors (Lipinski definition) is 4. The fourth-order valence-electron chi connectivity index (χ4n) is 2.77. The van der Waals surface area contributed by atoms with Crippen molar-refractivity contribution in [2.45, 2.75) is 19.1 Å². The third-order valence-electron chi connectivity index (χ3n) is 4.00. The summed E-state index contributed by atoms with van der Waals surface area (Å²) in [5, 5.41) is 2.59. The Bertz CT molecular complexity index is 784. The molecular formula is C15H14F3N4OS+. The first kappa shape index (κ1) is 16.7. The summed E-state index contributed by atoms with van der Waals surface area (Å²) in [7, 11) is 0. The fourth-order valence-corrected chi connectivity index (χ4v) is 3.74. The number of nitrogens with one attached hydrogen (secondary N) is 1. The van der Waals surface area contributed by atoms with Gasteiger partial charge in [-0.3, -0.25) is 5.32 Å². The maximum absolute atomic E-state index is 13.0. The van der Waals surface area contributed by atoms with Crippen LogP contribution in [0.5, 0.6) is 0 Å². The smallest absolute Gasteiger partial charge is 0.265 e. The van der Waals surface area contributed by atoms with E-state index in [0.717, 1.165) is 23.7 Å². The topological polar surface area (TPSA) is 54.9 Å². The summed E-state index contributed by atoms with van der Waals surface area (Å²) in [6.45, 7) is 1.79. The molecule has 2 atom stereocenters. The minimum Gasteiger partial charge on any atom is -0.265 e. The van der Waals surface area contributed by atoms with Crippen LogP contribution in [0.4, 0.5) is 29.5 Å². The third kappa shape index (κ3) is 2.44. The molecule has 3 rings (SSSR count). The van der Waals surface area contributed by atoms with Crippen molar-refractivity contribution < 1.29 is 18.0 Å². The highest BCUT2D eigenvalue weighted by Crippen LogP contribution is 2.49. The SMILES string of the molecule is CS[N+]1(C(C)c2ccccc2)C(=O)Nc2cnc(C(F)(F)F)nc21. The van der Waals surface area contributed by atoms with Gasteiger partial charge in [0.2, 0.25) is 5.82 Å². The van der Waals surface area contributed by atoms with Crippen molar-refractivity contribution in [3.8, 4) is 0 Å². The molecule has 0 aliphatic carbocycles. The molecule has 126 valence electrons. The number of nitrogens with zero attached hydrogens (tertiary/aromatic N) is 3. The van der Waals surface area contributed by atoms with Crippen molar-refractivity contribution in [1.29, 1.82) is 0 Å². The first-order valence-corrected chi connectivity index (χ1v) is 8.24. The summed E-state index contributed by atoms with van der Waals surface area (Å²) in [6, 6.07) is 8.26. The monoisotopic (exact) mass is 355 g/mol. The Morgan fingerprint density at radius 1 is 1.25 bits per heavy atom. The Kier molecular flexibility index (Phi) is 4.00. The van der Waals surface area contributed by atoms with Gasteiger partial charge in [0, 0.05) is 11.8 Å². The predicted octanol–water partition coefficient (Wildman–Crippen LogP) is 4.39. The molecule has 0 saturated carbocycles. The molecular weight excluding hydrogens is 341 g/mol. The van der Waals surface area contributed by atoms with Crippen molar-refractivity contribution in [3.63, 3.8) is 0 Å². The average Bonchev–Trinajstić information content (AvgIpc) is 2.85. The van der Waals surface area contributed by atoms with Gasteiger partial charge in [-0.15, -0.1) is 3.89 Å². The van der Waals surface area contributed by atoms with Crippen LogP contribution in [0.25, 0.3) is 0 Å². The standard InChI is InChI=1S/C15H13F3N4OS/c1-9(10-6-4-3-5-7-10)22(24-2)12-11(20-14(22)23)8-19-13(21-12)15(16,17)18/h3-9H,1-2H3/p+1. The molecule has 0 spiro atoms. The van der Waals surface area contributed by atoms with Gasteiger partial charge in [-0.2, -0.15) is 18.2 Å². The molecule has 0 radical (unpaired) electrons. The number of carbonyl (C=O) groups excluding carboxylic acids is 1. The summed E-state index contributed by atoms with van der Waals surface area (Å²) >= 11 is 1.12. The van der Waals surface area contributed by atoms with E-state index in [9.17, 15) is 18.0 Å². The van der Waals surface area contributed by atoms with Crippen LogP contribution in [-0.4, -0.2) is 22.3 Å². The van der Waals surface area contributed by atoms with Gasteiger partial charge in [-0.25, -0.2) is 9.78 Å². The number of carbonyl (C=O) groups is 1. The molecule has 1 aliphatic heterocycles. The van der Waals surface area contributed by atoms with E-state index in [1.54, 1.807) is 13.2 Å². The second-order valence-corrected chi connectivity index (χ2v) is 6.23. The van der Waals surface area contributed by atoms with Crippen LogP contribution >= 0.6 is 11.9 Å². The number of amides is 2. The van der Waals surface area contributed by atoms with Crippen molar-refractivity contribution in [2.75, 3.05) is 11.6 Å². The number of hydrogen-bond donors (Lipinski definition) is 1. The van der Waals surface area contributed by atoms with Gasteiger partial charge in [0.15, 0.2) is 0 Å². The van der Waals surface area contributed by atoms with Crippen LogP contribution in [0.2, 0.25) is 0 Å². The van der Waals surface area contributed by atoms with Crippen LogP contribution in [-0.2, 0) is 6.18 Å². The van der Waals surface area contributed by atoms with Gasteiger partial charge in [-0.05, 0) is 6.92 Å². The number of urea groups is 1. The number of anilines is 1. The van der Waals surface area contributed by atoms with Crippen molar-refractivity contribution in [3.05, 3.63) is 47.9 Å². The molecule has 2 unspecified atom stereocenters. The van der Waals surface area contributed by atoms with Crippen molar-refractivity contribution in [2.24, 2.45) is 0 Å². The second-order valence-electron chi connectivity index (χ2n) is 5.29. The molecule has 2 amide bonds. The Labute approximate surface area is 140 Å². The maximum atomic E-state index is 13.0. The minimum atomic E-state index is -4.68. The van der Waals surface area contributed by atoms with Gasteiger partial charge >= 0.3 is 12.2 Å². The average molecular weight is 355 g/mol. The highest BCUT2D eigenvalue weighted by Gasteiger charge is 2.55. The zero-order valence-corrected chi connectivity index (χ0v) is 13.6. The van der Waals surface area contributed by atoms with Gasteiger partial charge in [-0.1, -0.05) is 30.3 Å². The van der Waals surface area contributed by atoms with Gasteiger partial charge in [0.25, 0.3) is 5.82 Å². The number of aromatic nitrogens is 2. The zero-order chi connectivity index (χ0) is 17.5. The van der Waals surface area contributed by atoms with Crippen LogP contribution in [0.15, 0.2) is 36.5 Å². The molecule has 2 heterocycles. The first-order chi connectivity index (χ1) is 11.3.